The summed E-state index contributed by atoms with van der Waals surface area (Å²) in [6, 6.07) is 3.78. The van der Waals surface area contributed by atoms with Crippen LogP contribution in [0.3, 0.4) is 0 Å². The second-order valence-corrected chi connectivity index (χ2v) is 6.93. The lowest BCUT2D eigenvalue weighted by Crippen LogP contribution is -2.34. The van der Waals surface area contributed by atoms with Crippen molar-refractivity contribution in [2.45, 2.75) is 11.8 Å². The molecule has 0 bridgehead atoms. The van der Waals surface area contributed by atoms with Crippen LogP contribution in [0.15, 0.2) is 23.1 Å². The Morgan fingerprint density at radius 1 is 1.40 bits per heavy atom. The highest BCUT2D eigenvalue weighted by Crippen LogP contribution is 2.24. The van der Waals surface area contributed by atoms with E-state index in [0.29, 0.717) is 19.7 Å². The van der Waals surface area contributed by atoms with Crippen molar-refractivity contribution in [1.29, 1.82) is 0 Å². The average Bonchev–Trinajstić information content (AvgIpc) is 2.38. The SMILES string of the molecule is CCN(CCOC)C(=O)c1cc(S(=O)(=O)Cl)ccc1Cl. The van der Waals surface area contributed by atoms with E-state index < -0.39 is 9.05 Å². The second-order valence-electron chi connectivity index (χ2n) is 3.96. The Hall–Kier alpha value is -0.820. The lowest BCUT2D eigenvalue weighted by molar-refractivity contribution is 0.0706. The molecule has 0 heterocycles. The number of methoxy groups -OCH3 is 1. The Morgan fingerprint density at radius 3 is 2.55 bits per heavy atom. The zero-order valence-electron chi connectivity index (χ0n) is 11.1. The molecule has 0 N–H and O–H groups in total. The number of rotatable bonds is 6. The number of nitrogens with zero attached hydrogens (tertiary/aromatic N) is 1. The van der Waals surface area contributed by atoms with E-state index in [9.17, 15) is 13.2 Å². The van der Waals surface area contributed by atoms with Crippen molar-refractivity contribution in [3.63, 3.8) is 0 Å². The molecule has 0 spiro atoms. The maximum atomic E-state index is 12.3. The lowest BCUT2D eigenvalue weighted by Gasteiger charge is -2.21. The van der Waals surface area contributed by atoms with Crippen LogP contribution in [0.1, 0.15) is 17.3 Å². The normalized spacial score (nSPS) is 11.4. The van der Waals surface area contributed by atoms with Gasteiger partial charge in [0.1, 0.15) is 0 Å². The summed E-state index contributed by atoms with van der Waals surface area (Å²) in [6.07, 6.45) is 0. The molecule has 0 aliphatic carbocycles. The molecule has 1 rings (SSSR count). The lowest BCUT2D eigenvalue weighted by atomic mass is 10.2. The highest BCUT2D eigenvalue weighted by atomic mass is 35.7. The van der Waals surface area contributed by atoms with Crippen LogP contribution in [-0.4, -0.2) is 46.0 Å². The van der Waals surface area contributed by atoms with Crippen LogP contribution >= 0.6 is 22.3 Å². The first-order valence-corrected chi connectivity index (χ1v) is 8.52. The van der Waals surface area contributed by atoms with Crippen LogP contribution in [0.5, 0.6) is 0 Å². The number of hydrogen-bond donors (Lipinski definition) is 0. The molecule has 0 radical (unpaired) electrons. The summed E-state index contributed by atoms with van der Waals surface area (Å²) in [5.41, 5.74) is 0.103. The minimum absolute atomic E-state index is 0.103. The van der Waals surface area contributed by atoms with E-state index in [1.165, 1.54) is 30.2 Å². The zero-order chi connectivity index (χ0) is 15.3. The molecule has 0 atom stereocenters. The molecular weight excluding hydrogens is 325 g/mol. The summed E-state index contributed by atoms with van der Waals surface area (Å²) in [6.45, 7) is 3.03. The van der Waals surface area contributed by atoms with Gasteiger partial charge in [0.25, 0.3) is 15.0 Å². The molecule has 0 saturated carbocycles. The van der Waals surface area contributed by atoms with Gasteiger partial charge in [-0.25, -0.2) is 8.42 Å². The van der Waals surface area contributed by atoms with Crippen molar-refractivity contribution < 1.29 is 17.9 Å². The van der Waals surface area contributed by atoms with Crippen molar-refractivity contribution in [2.75, 3.05) is 26.8 Å². The van der Waals surface area contributed by atoms with E-state index in [1.54, 1.807) is 0 Å². The molecule has 0 saturated heterocycles. The average molecular weight is 340 g/mol. The molecule has 0 fully saturated rings. The Labute approximate surface area is 127 Å². The topological polar surface area (TPSA) is 63.7 Å². The van der Waals surface area contributed by atoms with Crippen LogP contribution in [0.4, 0.5) is 0 Å². The second kappa shape index (κ2) is 7.26. The van der Waals surface area contributed by atoms with Gasteiger partial charge in [-0.2, -0.15) is 0 Å². The smallest absolute Gasteiger partial charge is 0.261 e. The quantitative estimate of drug-likeness (QED) is 0.746. The van der Waals surface area contributed by atoms with Crippen molar-refractivity contribution >= 4 is 37.2 Å². The van der Waals surface area contributed by atoms with E-state index in [4.69, 9.17) is 27.0 Å². The molecule has 1 aromatic carbocycles. The van der Waals surface area contributed by atoms with Gasteiger partial charge in [0.2, 0.25) is 0 Å². The maximum Gasteiger partial charge on any atom is 0.261 e. The molecule has 5 nitrogen and oxygen atoms in total. The Kier molecular flexibility index (Phi) is 6.26. The molecule has 0 aromatic heterocycles. The standard InChI is InChI=1S/C12H15Cl2NO4S/c1-3-15(6-7-19-2)12(16)10-8-9(20(14,17)18)4-5-11(10)13/h4-5,8H,3,6-7H2,1-2H3. The minimum Gasteiger partial charge on any atom is -0.383 e. The van der Waals surface area contributed by atoms with E-state index in [-0.39, 0.29) is 21.4 Å². The number of likely N-dealkylation sites (N-methyl/N-ethyl adjacent to an activating group) is 1. The third kappa shape index (κ3) is 4.34. The number of benzene rings is 1. The van der Waals surface area contributed by atoms with E-state index in [0.717, 1.165) is 0 Å². The summed E-state index contributed by atoms with van der Waals surface area (Å²) >= 11 is 5.96. The summed E-state index contributed by atoms with van der Waals surface area (Å²) in [4.78, 5) is 13.7. The van der Waals surface area contributed by atoms with Gasteiger partial charge in [0.05, 0.1) is 22.1 Å². The predicted octanol–water partition coefficient (Wildman–Crippen LogP) is 2.38. The molecule has 20 heavy (non-hydrogen) atoms. The van der Waals surface area contributed by atoms with Gasteiger partial charge in [-0.05, 0) is 25.1 Å². The van der Waals surface area contributed by atoms with E-state index in [1.807, 2.05) is 6.92 Å². The number of amides is 1. The number of carbonyl (C=O) groups excluding carboxylic acids is 1. The highest BCUT2D eigenvalue weighted by Gasteiger charge is 2.20. The van der Waals surface area contributed by atoms with Crippen molar-refractivity contribution in [1.82, 2.24) is 4.90 Å². The third-order valence-electron chi connectivity index (χ3n) is 2.68. The fourth-order valence-corrected chi connectivity index (χ4v) is 2.57. The first kappa shape index (κ1) is 17.2. The largest absolute Gasteiger partial charge is 0.383 e. The Morgan fingerprint density at radius 2 is 2.05 bits per heavy atom. The number of carbonyl (C=O) groups is 1. The molecule has 1 amide bonds. The fourth-order valence-electron chi connectivity index (χ4n) is 1.60. The van der Waals surface area contributed by atoms with Gasteiger partial charge in [0.15, 0.2) is 0 Å². The molecule has 8 heteroatoms. The molecule has 0 unspecified atom stereocenters. The van der Waals surface area contributed by atoms with Gasteiger partial charge in [0, 0.05) is 30.9 Å². The van der Waals surface area contributed by atoms with Crippen LogP contribution in [0.2, 0.25) is 5.02 Å². The number of hydrogen-bond acceptors (Lipinski definition) is 4. The van der Waals surface area contributed by atoms with Crippen molar-refractivity contribution in [3.05, 3.63) is 28.8 Å². The van der Waals surface area contributed by atoms with E-state index >= 15 is 0 Å². The van der Waals surface area contributed by atoms with Crippen LogP contribution in [-0.2, 0) is 13.8 Å². The molecule has 0 aliphatic heterocycles. The third-order valence-corrected chi connectivity index (χ3v) is 4.37. The number of halogens is 2. The predicted molar refractivity (Wildman–Crippen MR) is 77.9 cm³/mol. The summed E-state index contributed by atoms with van der Waals surface area (Å²) in [5, 5.41) is 0.176. The van der Waals surface area contributed by atoms with Gasteiger partial charge in [-0.1, -0.05) is 11.6 Å². The van der Waals surface area contributed by atoms with Crippen LogP contribution in [0.25, 0.3) is 0 Å². The first-order valence-electron chi connectivity index (χ1n) is 5.83. The molecular formula is C12H15Cl2NO4S. The van der Waals surface area contributed by atoms with Crippen molar-refractivity contribution in [2.24, 2.45) is 0 Å². The molecule has 0 aliphatic rings. The van der Waals surface area contributed by atoms with Gasteiger partial charge in [-0.3, -0.25) is 4.79 Å². The Bertz CT molecular complexity index is 589. The molecule has 1 aromatic rings. The molecule has 112 valence electrons. The monoisotopic (exact) mass is 339 g/mol. The highest BCUT2D eigenvalue weighted by molar-refractivity contribution is 8.13. The van der Waals surface area contributed by atoms with Crippen molar-refractivity contribution in [3.8, 4) is 0 Å². The maximum absolute atomic E-state index is 12.3. The number of ether oxygens (including phenoxy) is 1. The Balaban J connectivity index is 3.14. The summed E-state index contributed by atoms with van der Waals surface area (Å²) in [7, 11) is 2.90. The first-order chi connectivity index (χ1) is 9.31. The van der Waals surface area contributed by atoms with E-state index in [2.05, 4.69) is 0 Å². The minimum atomic E-state index is -3.91. The van der Waals surface area contributed by atoms with Gasteiger partial charge in [-0.15, -0.1) is 0 Å². The fraction of sp³-hybridized carbons (Fsp3) is 0.417. The van der Waals surface area contributed by atoms with Crippen LogP contribution in [0, 0.1) is 0 Å². The summed E-state index contributed by atoms with van der Waals surface area (Å²) in [5.74, 6) is -0.364. The van der Waals surface area contributed by atoms with Gasteiger partial charge >= 0.3 is 0 Å². The zero-order valence-corrected chi connectivity index (χ0v) is 13.4. The van der Waals surface area contributed by atoms with Gasteiger partial charge < -0.3 is 9.64 Å². The van der Waals surface area contributed by atoms with Crippen LogP contribution < -0.4 is 0 Å². The summed E-state index contributed by atoms with van der Waals surface area (Å²) < 4.78 is 27.5.